The van der Waals surface area contributed by atoms with Gasteiger partial charge in [0.1, 0.15) is 0 Å². The number of nitrogens with zero attached hydrogens (tertiary/aromatic N) is 3. The number of hydrogen-bond donors (Lipinski definition) is 0. The summed E-state index contributed by atoms with van der Waals surface area (Å²) in [4.78, 5) is 15.8. The van der Waals surface area contributed by atoms with Crippen LogP contribution < -0.4 is 0 Å². The van der Waals surface area contributed by atoms with Gasteiger partial charge in [0, 0.05) is 45.2 Å². The molecule has 0 radical (unpaired) electrons. The van der Waals surface area contributed by atoms with Gasteiger partial charge in [-0.25, -0.2) is 0 Å². The number of thiophene rings is 1. The van der Waals surface area contributed by atoms with Crippen LogP contribution in [-0.4, -0.2) is 68.1 Å². The largest absolute Gasteiger partial charge is 0.335 e. The Morgan fingerprint density at radius 2 is 1.80 bits per heavy atom. The van der Waals surface area contributed by atoms with Crippen LogP contribution in [0.25, 0.3) is 0 Å². The summed E-state index contributed by atoms with van der Waals surface area (Å²) in [5, 5.41) is 0. The Kier molecular flexibility index (Phi) is 4.48. The molecule has 8 heteroatoms. The smallest absolute Gasteiger partial charge is 0.281 e. The highest BCUT2D eigenvalue weighted by Crippen LogP contribution is 2.19. The molecule has 2 heterocycles. The zero-order chi connectivity index (χ0) is 14.9. The minimum atomic E-state index is -3.38. The first-order chi connectivity index (χ1) is 9.32. The summed E-state index contributed by atoms with van der Waals surface area (Å²) in [5.41, 5.74) is 0. The first-order valence-electron chi connectivity index (χ1n) is 6.35. The second-order valence-electron chi connectivity index (χ2n) is 4.89. The number of carbonyl (C=O) groups excluding carboxylic acids is 1. The third-order valence-corrected chi connectivity index (χ3v) is 6.19. The van der Waals surface area contributed by atoms with Crippen LogP contribution in [-0.2, 0) is 10.2 Å². The maximum absolute atomic E-state index is 12.3. The van der Waals surface area contributed by atoms with Crippen molar-refractivity contribution in [3.8, 4) is 0 Å². The lowest BCUT2D eigenvalue weighted by Gasteiger charge is -2.34. The number of hydrogen-bond acceptors (Lipinski definition) is 4. The van der Waals surface area contributed by atoms with Crippen LogP contribution in [0.4, 0.5) is 0 Å². The molecule has 20 heavy (non-hydrogen) atoms. The van der Waals surface area contributed by atoms with E-state index < -0.39 is 10.2 Å². The third kappa shape index (κ3) is 3.03. The number of rotatable bonds is 3. The number of piperazine rings is 1. The van der Waals surface area contributed by atoms with Crippen molar-refractivity contribution in [3.63, 3.8) is 0 Å². The first kappa shape index (κ1) is 15.4. The van der Waals surface area contributed by atoms with Crippen molar-refractivity contribution in [1.29, 1.82) is 0 Å². The summed E-state index contributed by atoms with van der Waals surface area (Å²) in [5.74, 6) is -0.00926. The van der Waals surface area contributed by atoms with Crippen LogP contribution >= 0.6 is 11.3 Å². The molecule has 0 aliphatic carbocycles. The zero-order valence-corrected chi connectivity index (χ0v) is 13.5. The van der Waals surface area contributed by atoms with Gasteiger partial charge in [-0.2, -0.15) is 17.0 Å². The second-order valence-corrected chi connectivity index (χ2v) is 8.32. The van der Waals surface area contributed by atoms with Crippen molar-refractivity contribution < 1.29 is 13.2 Å². The van der Waals surface area contributed by atoms with Crippen LogP contribution in [0.3, 0.4) is 0 Å². The van der Waals surface area contributed by atoms with Crippen LogP contribution in [0.2, 0.25) is 0 Å². The topological polar surface area (TPSA) is 60.9 Å². The highest BCUT2D eigenvalue weighted by molar-refractivity contribution is 7.86. The summed E-state index contributed by atoms with van der Waals surface area (Å²) in [6, 6.07) is 3.75. The van der Waals surface area contributed by atoms with Gasteiger partial charge >= 0.3 is 0 Å². The number of amides is 1. The van der Waals surface area contributed by atoms with E-state index in [0.717, 1.165) is 4.88 Å². The fourth-order valence-corrected chi connectivity index (χ4v) is 3.98. The van der Waals surface area contributed by atoms with Gasteiger partial charge in [-0.1, -0.05) is 0 Å². The van der Waals surface area contributed by atoms with Crippen LogP contribution in [0.5, 0.6) is 0 Å². The Morgan fingerprint density at radius 3 is 2.25 bits per heavy atom. The molecule has 1 aliphatic heterocycles. The zero-order valence-electron chi connectivity index (χ0n) is 11.9. The molecule has 0 aromatic carbocycles. The Labute approximate surface area is 123 Å². The van der Waals surface area contributed by atoms with Crippen molar-refractivity contribution in [2.45, 2.75) is 6.92 Å². The van der Waals surface area contributed by atoms with Gasteiger partial charge in [-0.3, -0.25) is 4.79 Å². The lowest BCUT2D eigenvalue weighted by molar-refractivity contribution is 0.0700. The Balaban J connectivity index is 2.00. The van der Waals surface area contributed by atoms with Crippen LogP contribution in [0, 0.1) is 6.92 Å². The first-order valence-corrected chi connectivity index (χ1v) is 8.57. The van der Waals surface area contributed by atoms with Crippen LogP contribution in [0.1, 0.15) is 14.5 Å². The van der Waals surface area contributed by atoms with Crippen LogP contribution in [0.15, 0.2) is 12.1 Å². The monoisotopic (exact) mass is 317 g/mol. The summed E-state index contributed by atoms with van der Waals surface area (Å²) in [6.07, 6.45) is 0. The highest BCUT2D eigenvalue weighted by atomic mass is 32.2. The molecule has 112 valence electrons. The van der Waals surface area contributed by atoms with E-state index in [1.54, 1.807) is 4.90 Å². The molecular formula is C12H19N3O3S2. The Morgan fingerprint density at radius 1 is 1.20 bits per heavy atom. The molecule has 0 bridgehead atoms. The summed E-state index contributed by atoms with van der Waals surface area (Å²) >= 11 is 1.47. The van der Waals surface area contributed by atoms with Gasteiger partial charge in [-0.05, 0) is 19.1 Å². The fourth-order valence-electron chi connectivity index (χ4n) is 2.06. The van der Waals surface area contributed by atoms with Crippen molar-refractivity contribution in [3.05, 3.63) is 21.9 Å². The number of carbonyl (C=O) groups is 1. The molecule has 0 unspecified atom stereocenters. The number of aryl methyl sites for hydroxylation is 1. The van der Waals surface area contributed by atoms with E-state index >= 15 is 0 Å². The molecule has 1 aromatic heterocycles. The molecule has 0 spiro atoms. The van der Waals surface area contributed by atoms with Gasteiger partial charge in [0.25, 0.3) is 16.1 Å². The minimum Gasteiger partial charge on any atom is -0.335 e. The van der Waals surface area contributed by atoms with Crippen molar-refractivity contribution in [1.82, 2.24) is 13.5 Å². The molecule has 2 rings (SSSR count). The summed E-state index contributed by atoms with van der Waals surface area (Å²) in [7, 11) is -0.348. The van der Waals surface area contributed by atoms with Crippen molar-refractivity contribution in [2.24, 2.45) is 0 Å². The van der Waals surface area contributed by atoms with E-state index in [1.165, 1.54) is 34.0 Å². The molecule has 1 saturated heterocycles. The van der Waals surface area contributed by atoms with Gasteiger partial charge in [-0.15, -0.1) is 11.3 Å². The molecule has 6 nitrogen and oxygen atoms in total. The summed E-state index contributed by atoms with van der Waals surface area (Å²) in [6.45, 7) is 3.52. The van der Waals surface area contributed by atoms with E-state index in [2.05, 4.69) is 0 Å². The van der Waals surface area contributed by atoms with E-state index in [4.69, 9.17) is 0 Å². The quantitative estimate of drug-likeness (QED) is 0.821. The molecule has 1 amide bonds. The van der Waals surface area contributed by atoms with Gasteiger partial charge in [0.05, 0.1) is 4.88 Å². The lowest BCUT2D eigenvalue weighted by Crippen LogP contribution is -2.52. The minimum absolute atomic E-state index is 0.00926. The summed E-state index contributed by atoms with van der Waals surface area (Å²) < 4.78 is 26.6. The van der Waals surface area contributed by atoms with Crippen molar-refractivity contribution >= 4 is 27.5 Å². The molecule has 1 aromatic rings. The van der Waals surface area contributed by atoms with Crippen molar-refractivity contribution in [2.75, 3.05) is 40.3 Å². The predicted octanol–water partition coefficient (Wildman–Crippen LogP) is 0.621. The lowest BCUT2D eigenvalue weighted by atomic mass is 10.3. The molecule has 1 fully saturated rings. The second kappa shape index (κ2) is 5.80. The molecule has 0 saturated carbocycles. The van der Waals surface area contributed by atoms with Gasteiger partial charge in [0.15, 0.2) is 0 Å². The van der Waals surface area contributed by atoms with E-state index in [-0.39, 0.29) is 5.91 Å². The maximum Gasteiger partial charge on any atom is 0.281 e. The average Bonchev–Trinajstić information content (AvgIpc) is 2.84. The molecule has 0 N–H and O–H groups in total. The molecule has 1 aliphatic rings. The Bertz CT molecular complexity index is 587. The molecular weight excluding hydrogens is 298 g/mol. The van der Waals surface area contributed by atoms with Gasteiger partial charge in [0.2, 0.25) is 0 Å². The van der Waals surface area contributed by atoms with E-state index in [0.29, 0.717) is 31.1 Å². The normalized spacial score (nSPS) is 17.7. The highest BCUT2D eigenvalue weighted by Gasteiger charge is 2.30. The Hall–Kier alpha value is -0.960. The predicted molar refractivity (Wildman–Crippen MR) is 79.1 cm³/mol. The van der Waals surface area contributed by atoms with Gasteiger partial charge < -0.3 is 4.90 Å². The fraction of sp³-hybridized carbons (Fsp3) is 0.583. The average molecular weight is 317 g/mol. The maximum atomic E-state index is 12.3. The third-order valence-electron chi connectivity index (χ3n) is 3.26. The standard InChI is InChI=1S/C12H19N3O3S2/c1-10-4-5-11(19-10)12(16)14-6-8-15(9-7-14)20(17,18)13(2)3/h4-5H,6-9H2,1-3H3. The van der Waals surface area contributed by atoms with E-state index in [9.17, 15) is 13.2 Å². The van der Waals surface area contributed by atoms with E-state index in [1.807, 2.05) is 19.1 Å². The molecule has 0 atom stereocenters. The SMILES string of the molecule is Cc1ccc(C(=O)N2CCN(S(=O)(=O)N(C)C)CC2)s1.